The van der Waals surface area contributed by atoms with E-state index in [1.807, 2.05) is 161 Å². The molecule has 0 saturated heterocycles. The summed E-state index contributed by atoms with van der Waals surface area (Å²) in [5.74, 6) is 7.57. The summed E-state index contributed by atoms with van der Waals surface area (Å²) in [6, 6.07) is 64.0. The molecule has 2 radical (unpaired) electrons. The van der Waals surface area contributed by atoms with Crippen molar-refractivity contribution >= 4 is 28.4 Å². The zero-order chi connectivity index (χ0) is 76.5. The molecule has 14 nitrogen and oxygen atoms in total. The van der Waals surface area contributed by atoms with E-state index in [-0.39, 0.29) is 86.7 Å². The standard InChI is InChI=1S/C15H10FNO.C13H14FNO.C10H14NO.C9H9NO.C8H6.C7H4FNO.C7H5FO.C5H8.C4H5F.CHF3O3S.3CH4.2Cu/c16-13-8-6-11(7-9-13)14-10-15(18-17-14)12-4-2-1-3-5-12;1-9-4-3-5-10(2)13(9)12-8-11(6-7-14)16-15-12;1-11(2,3)10-6-4-9(8-12)5-7-10;1-7-4-3-5-8(2)9(7)6-10-11;1-2-8-6-4-3-5-7-8;8-7-3-1-6(2-4-7)5-9-10;8-7-3-1-6(5-9)2-4-7;1-3-5-4-2;1-2-3-4-5;2-1(3,4)8(5,6)7;;;;;/h1-10H;3-5,8H,6-7H2,1-2H3;4-8H,1-3H3;3-5H,1-2H3;1,3-7H;1-4H;1-5H;1H,4-5H2,2H3;1H,3-4H2;(H,5,6,7);3*1H4;;/q;;+1;;;;;;;;;;;;/p-1/i16-1;14-1;;;;2*8-1;;5-1;;;;;;. The molecule has 0 bridgehead atoms. The Bertz CT molecular complexity index is 4410. The summed E-state index contributed by atoms with van der Waals surface area (Å²) in [5.41, 5.74) is 7.75. The van der Waals surface area contributed by atoms with Gasteiger partial charge in [-0.05, 0) is 166 Å². The summed E-state index contributed by atoms with van der Waals surface area (Å²) < 4.78 is 130. The minimum absolute atomic E-state index is 0. The van der Waals surface area contributed by atoms with Crippen molar-refractivity contribution in [1.82, 2.24) is 14.8 Å². The fraction of sp³-hybridized carbons (Fsp3) is 0.220. The zero-order valence-electron chi connectivity index (χ0n) is 57.7. The van der Waals surface area contributed by atoms with Gasteiger partial charge in [0.05, 0.1) is 27.8 Å². The third-order valence-corrected chi connectivity index (χ3v) is 13.2. The van der Waals surface area contributed by atoms with Crippen molar-refractivity contribution < 1.29 is 101 Å². The molecule has 0 spiro atoms. The molecule has 0 aliphatic rings. The number of hydrogen-bond donors (Lipinski definition) is 0. The number of terminal acetylenes is 3. The number of quaternary nitrogens is 1. The number of carbonyl (C=O) groups excluding carboxylic acids is 2. The molecule has 2 aromatic heterocycles. The number of carbonyl (C=O) groups is 2. The molecule has 8 aromatic carbocycles. The van der Waals surface area contributed by atoms with Gasteiger partial charge in [0, 0.05) is 109 Å². The molecular weight excluding hydrogens is 1510 g/mol. The Labute approximate surface area is 645 Å². The van der Waals surface area contributed by atoms with Crippen LogP contribution in [0, 0.1) is 105 Å². The van der Waals surface area contributed by atoms with Crippen LogP contribution in [0.1, 0.15) is 114 Å². The van der Waals surface area contributed by atoms with Gasteiger partial charge in [0.1, 0.15) is 70.7 Å². The number of halogens is 8. The summed E-state index contributed by atoms with van der Waals surface area (Å²) >= 11 is 0. The Morgan fingerprint density at radius 1 is 0.533 bits per heavy atom. The van der Waals surface area contributed by atoms with E-state index in [2.05, 4.69) is 84.7 Å². The molecule has 25 heteroatoms. The van der Waals surface area contributed by atoms with E-state index in [9.17, 15) is 55.1 Å². The Hall–Kier alpha value is -10.9. The summed E-state index contributed by atoms with van der Waals surface area (Å²) in [5, 5.41) is 32.5. The van der Waals surface area contributed by atoms with E-state index >= 15 is 0 Å². The average Bonchev–Trinajstić information content (AvgIpc) is 1.70. The number of aryl methyl sites for hydroxylation is 5. The molecule has 0 fully saturated rings. The van der Waals surface area contributed by atoms with Gasteiger partial charge < -0.3 is 24.0 Å². The number of unbranched alkanes of at least 4 members (excludes halogenated alkanes) is 1. The van der Waals surface area contributed by atoms with Crippen molar-refractivity contribution in [3.8, 4) is 83.0 Å². The van der Waals surface area contributed by atoms with Crippen LogP contribution in [0.4, 0.5) is 40.8 Å². The number of nitrogens with zero attached hydrogens (tertiary/aromatic N) is 5. The first-order valence-electron chi connectivity index (χ1n) is 30.4. The van der Waals surface area contributed by atoms with Crippen LogP contribution in [0.15, 0.2) is 215 Å². The van der Waals surface area contributed by atoms with Gasteiger partial charge >= 0.3 is 17.6 Å². The quantitative estimate of drug-likeness (QED) is 0.0184. The molecule has 107 heavy (non-hydrogen) atoms. The van der Waals surface area contributed by atoms with Gasteiger partial charge in [-0.3, -0.25) is 22.9 Å². The molecular formula is C82H87Cu2F8N5O9S. The van der Waals surface area contributed by atoms with Gasteiger partial charge in [0.15, 0.2) is 15.9 Å². The number of hydrogen-bond acceptors (Lipinski definition) is 11. The smallest absolute Gasteiger partial charge is 0.485 e. The first-order chi connectivity index (χ1) is 48.5. The molecule has 0 aliphatic carbocycles. The Morgan fingerprint density at radius 3 is 1.32 bits per heavy atom. The van der Waals surface area contributed by atoms with E-state index in [0.717, 1.165) is 84.9 Å². The summed E-state index contributed by atoms with van der Waals surface area (Å²) in [4.78, 5) is 20.4. The van der Waals surface area contributed by atoms with Crippen LogP contribution in [0.5, 0.6) is 0 Å². The van der Waals surface area contributed by atoms with Gasteiger partial charge in [0.25, 0.3) is 0 Å². The van der Waals surface area contributed by atoms with Gasteiger partial charge in [-0.1, -0.05) is 130 Å². The maximum Gasteiger partial charge on any atom is 0.485 e. The van der Waals surface area contributed by atoms with E-state index in [4.69, 9.17) is 34.9 Å². The SMILES string of the molecule is C.C.C.C#CCCC.C#CCC[18F].C#Cc1ccccc1.C[N+](C)(C)c1ccc(C=O)cc1.Cc1cccc(C)c1-c1cc(CC[18F])on1.Cc1cccc(C)c1C#[N+][O-].O=Cc1ccc([18F])cc1.O=S(=O)([O-])C(F)(F)F.[18F]c1ccc(-c2cc(-c3ccccc3)on2)cc1.[Cu].[Cu].[O-][N+]#Cc1ccc([18F])cc1. The Kier molecular flexibility index (Phi) is 57.2. The fourth-order valence-electron chi connectivity index (χ4n) is 7.52. The third-order valence-electron chi connectivity index (χ3n) is 12.7. The monoisotopic (exact) mass is 1590 g/mol. The molecule has 10 rings (SSSR count). The van der Waals surface area contributed by atoms with Crippen molar-refractivity contribution in [1.29, 1.82) is 0 Å². The van der Waals surface area contributed by atoms with Gasteiger partial charge in [-0.15, -0.1) is 31.1 Å². The number of aldehydes is 2. The van der Waals surface area contributed by atoms with Crippen LogP contribution < -0.4 is 4.48 Å². The Balaban J connectivity index is -0.000000366. The minimum Gasteiger partial charge on any atom is -0.741 e. The molecule has 0 amide bonds. The molecule has 2 heterocycles. The topological polar surface area (TPSA) is 198 Å². The number of aromatic nitrogens is 2. The van der Waals surface area contributed by atoms with E-state index in [1.165, 1.54) is 66.4 Å². The third kappa shape index (κ3) is 43.9. The first-order valence-corrected chi connectivity index (χ1v) is 31.8. The average molecular weight is 1590 g/mol. The number of rotatable bonds is 10. The molecule has 0 unspecified atom stereocenters. The molecule has 0 saturated carbocycles. The van der Waals surface area contributed by atoms with E-state index in [1.54, 1.807) is 12.1 Å². The maximum atomic E-state index is 12.8. The van der Waals surface area contributed by atoms with Crippen LogP contribution in [-0.2, 0) is 50.7 Å². The van der Waals surface area contributed by atoms with Crippen molar-refractivity contribution in [3.63, 3.8) is 0 Å². The van der Waals surface area contributed by atoms with E-state index in [0.29, 0.717) is 34.6 Å². The van der Waals surface area contributed by atoms with Crippen LogP contribution in [0.3, 0.4) is 0 Å². The van der Waals surface area contributed by atoms with Crippen LogP contribution in [0.25, 0.3) is 43.9 Å². The predicted molar refractivity (Wildman–Crippen MR) is 407 cm³/mol. The fourth-order valence-corrected chi connectivity index (χ4v) is 7.52. The second-order valence-corrected chi connectivity index (χ2v) is 22.8. The minimum atomic E-state index is -6.09. The zero-order valence-corrected chi connectivity index (χ0v) is 60.4. The second kappa shape index (κ2) is 58.4. The van der Waals surface area contributed by atoms with Crippen molar-refractivity contribution in [2.45, 2.75) is 88.1 Å². The largest absolute Gasteiger partial charge is 0.741 e. The van der Waals surface area contributed by atoms with Crippen LogP contribution >= 0.6 is 0 Å². The van der Waals surface area contributed by atoms with Crippen LogP contribution in [-0.4, -0.2) is 75.9 Å². The summed E-state index contributed by atoms with van der Waals surface area (Å²) in [6.45, 7) is 9.19. The molecule has 0 atom stereocenters. The van der Waals surface area contributed by atoms with Gasteiger partial charge in [0.2, 0.25) is 0 Å². The number of alkyl halides is 5. The summed E-state index contributed by atoms with van der Waals surface area (Å²) in [6.07, 6.45) is 18.7. The van der Waals surface area contributed by atoms with Crippen LogP contribution in [0.2, 0.25) is 0 Å². The van der Waals surface area contributed by atoms with Crippen molar-refractivity contribution in [3.05, 3.63) is 300 Å². The van der Waals surface area contributed by atoms with E-state index < -0.39 is 29.0 Å². The number of benzene rings is 8. The van der Waals surface area contributed by atoms with Crippen molar-refractivity contribution in [2.24, 2.45) is 0 Å². The molecule has 0 aliphatic heterocycles. The Morgan fingerprint density at radius 2 is 0.953 bits per heavy atom. The van der Waals surface area contributed by atoms with Gasteiger partial charge in [-0.2, -0.15) is 13.2 Å². The maximum absolute atomic E-state index is 12.8. The van der Waals surface area contributed by atoms with Crippen molar-refractivity contribution in [2.75, 3.05) is 34.5 Å². The normalized spacial score (nSPS) is 9.25. The summed E-state index contributed by atoms with van der Waals surface area (Å²) in [7, 11) is 0.189. The first kappa shape index (κ1) is 105. The molecule has 0 N–H and O–H groups in total. The second-order valence-electron chi connectivity index (χ2n) is 21.4. The molecule has 10 aromatic rings. The predicted octanol–water partition coefficient (Wildman–Crippen LogP) is 21.5. The van der Waals surface area contributed by atoms with Gasteiger partial charge in [-0.25, -0.2) is 21.6 Å². The molecule has 578 valence electrons.